The second kappa shape index (κ2) is 5.38. The third-order valence-electron chi connectivity index (χ3n) is 1.74. The van der Waals surface area contributed by atoms with E-state index >= 15 is 0 Å². The molecule has 14 heavy (non-hydrogen) atoms. The first-order valence-electron chi connectivity index (χ1n) is 4.07. The summed E-state index contributed by atoms with van der Waals surface area (Å²) in [6.45, 7) is 0. The van der Waals surface area contributed by atoms with Crippen LogP contribution in [0.4, 0.5) is 0 Å². The number of hydrogen-bond acceptors (Lipinski definition) is 1. The van der Waals surface area contributed by atoms with E-state index in [0.29, 0.717) is 23.4 Å². The van der Waals surface area contributed by atoms with Crippen LogP contribution in [0.15, 0.2) is 18.2 Å². The van der Waals surface area contributed by atoms with Gasteiger partial charge in [-0.15, -0.1) is 12.3 Å². The molecule has 0 bridgehead atoms. The second-order valence-electron chi connectivity index (χ2n) is 2.76. The van der Waals surface area contributed by atoms with Crippen LogP contribution in [0.1, 0.15) is 23.2 Å². The summed E-state index contributed by atoms with van der Waals surface area (Å²) in [6.07, 6.45) is 5.94. The Morgan fingerprint density at radius 1 is 1.57 bits per heavy atom. The number of terminal acetylenes is 1. The fourth-order valence-electron chi connectivity index (χ4n) is 1.000. The minimum atomic E-state index is 0.0428. The van der Waals surface area contributed by atoms with Gasteiger partial charge in [0.25, 0.3) is 0 Å². The number of halogens is 2. The summed E-state index contributed by atoms with van der Waals surface area (Å²) in [7, 11) is 0. The Bertz CT molecular complexity index is 393. The van der Waals surface area contributed by atoms with Gasteiger partial charge in [0, 0.05) is 22.0 Å². The number of benzene rings is 1. The minimum absolute atomic E-state index is 0.0428. The van der Waals surface area contributed by atoms with Crippen molar-refractivity contribution in [2.45, 2.75) is 12.8 Å². The molecule has 0 unspecified atom stereocenters. The number of rotatable bonds is 3. The molecule has 0 aliphatic heterocycles. The number of carbonyl (C=O) groups is 1. The van der Waals surface area contributed by atoms with Gasteiger partial charge in [-0.1, -0.05) is 17.7 Å². The largest absolute Gasteiger partial charge is 0.294 e. The van der Waals surface area contributed by atoms with Gasteiger partial charge in [-0.2, -0.15) is 0 Å². The van der Waals surface area contributed by atoms with E-state index in [9.17, 15) is 4.79 Å². The second-order valence-corrected chi connectivity index (χ2v) is 4.33. The zero-order valence-electron chi connectivity index (χ0n) is 7.39. The topological polar surface area (TPSA) is 17.1 Å². The Hall–Kier alpha value is -0.530. The molecule has 1 aromatic rings. The molecule has 1 rings (SSSR count). The van der Waals surface area contributed by atoms with Crippen LogP contribution in [0.2, 0.25) is 5.02 Å². The van der Waals surface area contributed by atoms with Crippen LogP contribution in [-0.2, 0) is 0 Å². The standard InChI is InChI=1S/C11H8ClIO/c1-2-3-4-11(14)8-5-6-10(13)9(12)7-8/h1,5-7H,3-4H2. The van der Waals surface area contributed by atoms with Crippen molar-refractivity contribution in [3.05, 3.63) is 32.4 Å². The Morgan fingerprint density at radius 2 is 2.29 bits per heavy atom. The van der Waals surface area contributed by atoms with Crippen LogP contribution in [0.25, 0.3) is 0 Å². The van der Waals surface area contributed by atoms with Gasteiger partial charge in [0.15, 0.2) is 5.78 Å². The smallest absolute Gasteiger partial charge is 0.163 e. The Labute approximate surface area is 102 Å². The van der Waals surface area contributed by atoms with Crippen molar-refractivity contribution >= 4 is 40.0 Å². The van der Waals surface area contributed by atoms with Gasteiger partial charge in [-0.3, -0.25) is 4.79 Å². The van der Waals surface area contributed by atoms with Crippen LogP contribution in [0, 0.1) is 15.9 Å². The Balaban J connectivity index is 2.82. The van der Waals surface area contributed by atoms with Gasteiger partial charge in [0.1, 0.15) is 0 Å². The van der Waals surface area contributed by atoms with Crippen molar-refractivity contribution in [1.29, 1.82) is 0 Å². The molecule has 0 aliphatic rings. The molecule has 0 aliphatic carbocycles. The summed E-state index contributed by atoms with van der Waals surface area (Å²) < 4.78 is 0.942. The van der Waals surface area contributed by atoms with Gasteiger partial charge in [-0.25, -0.2) is 0 Å². The van der Waals surface area contributed by atoms with Crippen molar-refractivity contribution in [2.24, 2.45) is 0 Å². The third kappa shape index (κ3) is 3.00. The van der Waals surface area contributed by atoms with Gasteiger partial charge in [-0.05, 0) is 34.7 Å². The van der Waals surface area contributed by atoms with E-state index in [-0.39, 0.29) is 5.78 Å². The molecule has 1 nitrogen and oxygen atoms in total. The quantitative estimate of drug-likeness (QED) is 0.473. The number of carbonyl (C=O) groups excluding carboxylic acids is 1. The first kappa shape index (κ1) is 11.5. The van der Waals surface area contributed by atoms with Crippen LogP contribution in [-0.4, -0.2) is 5.78 Å². The van der Waals surface area contributed by atoms with E-state index < -0.39 is 0 Å². The molecule has 3 heteroatoms. The monoisotopic (exact) mass is 318 g/mol. The number of Topliss-reactive ketones (excluding diaryl/α,β-unsaturated/α-hetero) is 1. The summed E-state index contributed by atoms with van der Waals surface area (Å²) in [6, 6.07) is 5.28. The molecular weight excluding hydrogens is 310 g/mol. The maximum Gasteiger partial charge on any atom is 0.163 e. The third-order valence-corrected chi connectivity index (χ3v) is 3.31. The van der Waals surface area contributed by atoms with Gasteiger partial charge >= 0.3 is 0 Å². The van der Waals surface area contributed by atoms with Crippen LogP contribution in [0.5, 0.6) is 0 Å². The van der Waals surface area contributed by atoms with Gasteiger partial charge in [0.2, 0.25) is 0 Å². The maximum absolute atomic E-state index is 11.5. The van der Waals surface area contributed by atoms with E-state index in [1.165, 1.54) is 0 Å². The zero-order valence-corrected chi connectivity index (χ0v) is 10.3. The molecule has 0 amide bonds. The molecule has 0 heterocycles. The molecule has 0 fully saturated rings. The van der Waals surface area contributed by atoms with E-state index in [1.54, 1.807) is 12.1 Å². The zero-order chi connectivity index (χ0) is 10.6. The fourth-order valence-corrected chi connectivity index (χ4v) is 1.52. The molecule has 72 valence electrons. The predicted molar refractivity (Wildman–Crippen MR) is 66.6 cm³/mol. The van der Waals surface area contributed by atoms with Crippen LogP contribution in [0.3, 0.4) is 0 Å². The summed E-state index contributed by atoms with van der Waals surface area (Å²) in [5.41, 5.74) is 0.630. The highest BCUT2D eigenvalue weighted by atomic mass is 127. The summed E-state index contributed by atoms with van der Waals surface area (Å²) >= 11 is 8.01. The van der Waals surface area contributed by atoms with E-state index in [1.807, 2.05) is 6.07 Å². The average Bonchev–Trinajstić information content (AvgIpc) is 2.18. The van der Waals surface area contributed by atoms with Crippen LogP contribution < -0.4 is 0 Å². The van der Waals surface area contributed by atoms with Crippen molar-refractivity contribution in [3.8, 4) is 12.3 Å². The lowest BCUT2D eigenvalue weighted by Gasteiger charge is -2.00. The SMILES string of the molecule is C#CCCC(=O)c1ccc(I)c(Cl)c1. The lowest BCUT2D eigenvalue weighted by molar-refractivity contribution is 0.0984. The molecule has 0 saturated carbocycles. The highest BCUT2D eigenvalue weighted by molar-refractivity contribution is 14.1. The molecule has 0 aromatic heterocycles. The number of hydrogen-bond donors (Lipinski definition) is 0. The molecule has 1 aromatic carbocycles. The maximum atomic E-state index is 11.5. The highest BCUT2D eigenvalue weighted by Crippen LogP contribution is 2.20. The lowest BCUT2D eigenvalue weighted by Crippen LogP contribution is -1.98. The molecule has 0 spiro atoms. The Morgan fingerprint density at radius 3 is 2.86 bits per heavy atom. The summed E-state index contributed by atoms with van der Waals surface area (Å²) in [5, 5.41) is 0.608. The predicted octanol–water partition coefficient (Wildman–Crippen LogP) is 3.54. The lowest BCUT2D eigenvalue weighted by atomic mass is 10.1. The summed E-state index contributed by atoms with van der Waals surface area (Å²) in [4.78, 5) is 11.5. The molecule has 0 radical (unpaired) electrons. The first-order valence-corrected chi connectivity index (χ1v) is 5.52. The summed E-state index contributed by atoms with van der Waals surface area (Å²) in [5.74, 6) is 2.48. The van der Waals surface area contributed by atoms with Crippen LogP contribution >= 0.6 is 34.2 Å². The highest BCUT2D eigenvalue weighted by Gasteiger charge is 2.06. The Kier molecular flexibility index (Phi) is 4.43. The average molecular weight is 319 g/mol. The molecule has 0 N–H and O–H groups in total. The van der Waals surface area contributed by atoms with E-state index in [0.717, 1.165) is 3.57 Å². The molecule has 0 atom stereocenters. The first-order chi connectivity index (χ1) is 6.65. The number of ketones is 1. The van der Waals surface area contributed by atoms with Gasteiger partial charge < -0.3 is 0 Å². The molecule has 0 saturated heterocycles. The van der Waals surface area contributed by atoms with Crippen molar-refractivity contribution in [2.75, 3.05) is 0 Å². The van der Waals surface area contributed by atoms with Crippen molar-refractivity contribution < 1.29 is 4.79 Å². The van der Waals surface area contributed by atoms with Crippen molar-refractivity contribution in [3.63, 3.8) is 0 Å². The molecular formula is C11H8ClIO. The van der Waals surface area contributed by atoms with E-state index in [2.05, 4.69) is 28.5 Å². The minimum Gasteiger partial charge on any atom is -0.294 e. The van der Waals surface area contributed by atoms with Gasteiger partial charge in [0.05, 0.1) is 5.02 Å². The van der Waals surface area contributed by atoms with Crippen molar-refractivity contribution in [1.82, 2.24) is 0 Å². The fraction of sp³-hybridized carbons (Fsp3) is 0.182. The normalized spacial score (nSPS) is 9.50. The van der Waals surface area contributed by atoms with E-state index in [4.69, 9.17) is 18.0 Å².